The first-order chi connectivity index (χ1) is 57.5. The monoisotopic (exact) mass is 1540 g/mol. The first-order valence-corrected chi connectivity index (χ1v) is 42.7. The molecule has 0 aliphatic carbocycles. The summed E-state index contributed by atoms with van der Waals surface area (Å²) in [6, 6.07) is 154. The molecule has 0 atom stereocenters. The molecular weight excluding hydrogens is 1480 g/mol. The summed E-state index contributed by atoms with van der Waals surface area (Å²) in [4.78, 5) is 4.93. The van der Waals surface area contributed by atoms with Crippen LogP contribution in [0.1, 0.15) is 0 Å². The topological polar surface area (TPSA) is 6.48 Å². The third kappa shape index (κ3) is 11.7. The highest BCUT2D eigenvalue weighted by atomic mass is 32.1. The van der Waals surface area contributed by atoms with Crippen LogP contribution < -0.4 is 9.80 Å². The minimum absolute atomic E-state index is 1.08. The van der Waals surface area contributed by atoms with Crippen LogP contribution in [0.25, 0.3) is 191 Å². The standard InChI is InChI=1S/C110H68N2S4/c1-3-22-73-62-78(48-46-69(73)20-1)71-50-56-83(57-51-71)111(101-42-9-5-30-89(101)95-36-18-38-97-92-33-8-12-45-104(92)114-109(95)97)85-28-14-25-76(65-85)75-24-13-27-81(64-75)87-34-16-40-99-100-41-17-35-88(108(100)116-107(87)99)82-55-61-94-98-39-19-37-96(110(98)115-106(94)68-82)90-31-6-10-43-102(90)112(84-58-52-72(53-59-84)79-49-47-70-21-2-4-23-74(70)63-79)86-29-15-26-77(66-86)80-54-60-93-91-32-7-11-44-103(91)113-105(93)67-80/h1-68H. The number of rotatable bonds is 14. The molecule has 4 heterocycles. The Balaban J connectivity index is 0.595. The number of hydrogen-bond donors (Lipinski definition) is 0. The molecule has 0 bridgehead atoms. The van der Waals surface area contributed by atoms with E-state index in [1.54, 1.807) is 0 Å². The van der Waals surface area contributed by atoms with Crippen molar-refractivity contribution >= 4 is 182 Å². The molecule has 6 heteroatoms. The number of thiophene rings is 4. The lowest BCUT2D eigenvalue weighted by Crippen LogP contribution is -2.11. The fourth-order valence-electron chi connectivity index (χ4n) is 17.8. The lowest BCUT2D eigenvalue weighted by molar-refractivity contribution is 1.28. The minimum atomic E-state index is 1.08. The molecule has 19 aromatic carbocycles. The first kappa shape index (κ1) is 67.8. The summed E-state index contributed by atoms with van der Waals surface area (Å²) < 4.78 is 10.3. The Morgan fingerprint density at radius 2 is 0.466 bits per heavy atom. The van der Waals surface area contributed by atoms with Crippen molar-refractivity contribution in [3.8, 4) is 89.0 Å². The molecule has 23 aromatic rings. The number of anilines is 6. The van der Waals surface area contributed by atoms with Crippen LogP contribution in [0.2, 0.25) is 0 Å². The number of nitrogens with zero attached hydrogens (tertiary/aromatic N) is 2. The van der Waals surface area contributed by atoms with E-state index in [-0.39, 0.29) is 0 Å². The Hall–Kier alpha value is -13.8. The maximum absolute atomic E-state index is 2.47. The van der Waals surface area contributed by atoms with Gasteiger partial charge in [0.2, 0.25) is 0 Å². The largest absolute Gasteiger partial charge is 0.310 e. The zero-order valence-electron chi connectivity index (χ0n) is 62.8. The van der Waals surface area contributed by atoms with Crippen LogP contribution in [-0.2, 0) is 0 Å². The third-order valence-corrected chi connectivity index (χ3v) is 28.3. The summed E-state index contributed by atoms with van der Waals surface area (Å²) in [7, 11) is 0. The maximum atomic E-state index is 2.47. The zero-order valence-corrected chi connectivity index (χ0v) is 66.1. The second kappa shape index (κ2) is 28.1. The Labute approximate surface area is 687 Å². The average Bonchev–Trinajstić information content (AvgIpc) is 1.57. The van der Waals surface area contributed by atoms with E-state index in [9.17, 15) is 0 Å². The van der Waals surface area contributed by atoms with E-state index >= 15 is 0 Å². The van der Waals surface area contributed by atoms with Gasteiger partial charge in [-0.3, -0.25) is 0 Å². The lowest BCUT2D eigenvalue weighted by Gasteiger charge is -2.28. The number of para-hydroxylation sites is 2. The zero-order chi connectivity index (χ0) is 76.3. The average molecular weight is 1550 g/mol. The van der Waals surface area contributed by atoms with Crippen molar-refractivity contribution in [3.63, 3.8) is 0 Å². The SMILES string of the molecule is c1cc(-c2cccc(N(c3ccc(-c4ccc5ccccc5c4)cc3)c3ccccc3-c3cccc4c3sc3ccccc34)c2)cc(-c2cccc3c2sc2c(-c4ccc5c(c4)sc4c(-c6ccccc6N(c6ccc(-c7ccc8ccccc8c7)cc6)c6cccc(-c7ccc8c(c7)sc7ccccc78)c6)cccc45)cccc23)c1. The molecule has 23 rings (SSSR count). The molecule has 0 aliphatic heterocycles. The van der Waals surface area contributed by atoms with Gasteiger partial charge in [-0.1, -0.05) is 309 Å². The van der Waals surface area contributed by atoms with Crippen molar-refractivity contribution in [2.24, 2.45) is 0 Å². The predicted molar refractivity (Wildman–Crippen MR) is 506 cm³/mol. The molecule has 0 N–H and O–H groups in total. The van der Waals surface area contributed by atoms with Crippen LogP contribution in [-0.4, -0.2) is 0 Å². The third-order valence-electron chi connectivity index (χ3n) is 23.5. The van der Waals surface area contributed by atoms with Gasteiger partial charge in [0.15, 0.2) is 0 Å². The van der Waals surface area contributed by atoms with E-state index in [0.717, 1.165) is 45.3 Å². The fourth-order valence-corrected chi connectivity index (χ4v) is 22.8. The van der Waals surface area contributed by atoms with E-state index in [1.807, 2.05) is 45.3 Å². The Morgan fingerprint density at radius 1 is 0.147 bits per heavy atom. The van der Waals surface area contributed by atoms with Crippen molar-refractivity contribution in [1.29, 1.82) is 0 Å². The van der Waals surface area contributed by atoms with Crippen LogP contribution in [0.5, 0.6) is 0 Å². The van der Waals surface area contributed by atoms with Crippen LogP contribution in [0.4, 0.5) is 34.1 Å². The molecular formula is C110H68N2S4. The first-order valence-electron chi connectivity index (χ1n) is 39.5. The molecule has 0 fully saturated rings. The van der Waals surface area contributed by atoms with Crippen LogP contribution >= 0.6 is 45.3 Å². The summed E-state index contributed by atoms with van der Waals surface area (Å²) in [6.45, 7) is 0. The van der Waals surface area contributed by atoms with Gasteiger partial charge in [-0.2, -0.15) is 0 Å². The van der Waals surface area contributed by atoms with E-state index in [2.05, 4.69) is 422 Å². The number of hydrogen-bond acceptors (Lipinski definition) is 6. The van der Waals surface area contributed by atoms with Gasteiger partial charge >= 0.3 is 0 Å². The molecule has 0 spiro atoms. The number of fused-ring (bicyclic) bond motifs is 14. The molecule has 0 saturated carbocycles. The summed E-state index contributed by atoms with van der Waals surface area (Å²) in [5.41, 5.74) is 25.6. The van der Waals surface area contributed by atoms with Gasteiger partial charge in [0.25, 0.3) is 0 Å². The van der Waals surface area contributed by atoms with Crippen molar-refractivity contribution in [3.05, 3.63) is 413 Å². The van der Waals surface area contributed by atoms with E-state index in [4.69, 9.17) is 0 Å². The van der Waals surface area contributed by atoms with Crippen LogP contribution in [0.15, 0.2) is 413 Å². The molecule has 4 aromatic heterocycles. The second-order valence-corrected chi connectivity index (χ2v) is 34.4. The van der Waals surface area contributed by atoms with Crippen LogP contribution in [0.3, 0.4) is 0 Å². The highest BCUT2D eigenvalue weighted by Crippen LogP contribution is 2.52. The molecule has 0 saturated heterocycles. The molecule has 542 valence electrons. The smallest absolute Gasteiger partial charge is 0.0540 e. The van der Waals surface area contributed by atoms with E-state index in [0.29, 0.717) is 0 Å². The Morgan fingerprint density at radius 3 is 1.02 bits per heavy atom. The van der Waals surface area contributed by atoms with Crippen LogP contribution in [0, 0.1) is 0 Å². The summed E-state index contributed by atoms with van der Waals surface area (Å²) >= 11 is 7.56. The molecule has 0 radical (unpaired) electrons. The van der Waals surface area contributed by atoms with E-state index < -0.39 is 0 Å². The summed E-state index contributed by atoms with van der Waals surface area (Å²) in [5.74, 6) is 0. The van der Waals surface area contributed by atoms with Crippen molar-refractivity contribution < 1.29 is 0 Å². The highest BCUT2D eigenvalue weighted by molar-refractivity contribution is 7.28. The molecule has 0 amide bonds. The minimum Gasteiger partial charge on any atom is -0.310 e. The fraction of sp³-hybridized carbons (Fsp3) is 0. The Kier molecular flexibility index (Phi) is 16.4. The van der Waals surface area contributed by atoms with Gasteiger partial charge in [0, 0.05) is 126 Å². The number of benzene rings is 19. The van der Waals surface area contributed by atoms with E-state index in [1.165, 1.54) is 180 Å². The van der Waals surface area contributed by atoms with Gasteiger partial charge in [-0.15, -0.1) is 45.3 Å². The molecule has 116 heavy (non-hydrogen) atoms. The lowest BCUT2D eigenvalue weighted by atomic mass is 9.96. The summed E-state index contributed by atoms with van der Waals surface area (Å²) in [5, 5.41) is 15.2. The van der Waals surface area contributed by atoms with Gasteiger partial charge in [0.1, 0.15) is 0 Å². The summed E-state index contributed by atoms with van der Waals surface area (Å²) in [6.07, 6.45) is 0. The molecule has 0 unspecified atom stereocenters. The van der Waals surface area contributed by atoms with Crippen molar-refractivity contribution in [2.45, 2.75) is 0 Å². The predicted octanol–water partition coefficient (Wildman–Crippen LogP) is 33.7. The van der Waals surface area contributed by atoms with Gasteiger partial charge in [0.05, 0.1) is 11.4 Å². The normalized spacial score (nSPS) is 11.8. The molecule has 2 nitrogen and oxygen atoms in total. The van der Waals surface area contributed by atoms with Crippen molar-refractivity contribution in [1.82, 2.24) is 0 Å². The van der Waals surface area contributed by atoms with Gasteiger partial charge in [-0.25, -0.2) is 0 Å². The highest BCUT2D eigenvalue weighted by Gasteiger charge is 2.25. The second-order valence-electron chi connectivity index (χ2n) is 30.2. The van der Waals surface area contributed by atoms with Crippen molar-refractivity contribution in [2.75, 3.05) is 9.80 Å². The molecule has 0 aliphatic rings. The Bertz CT molecular complexity index is 7870. The quantitative estimate of drug-likeness (QED) is 0.107. The maximum Gasteiger partial charge on any atom is 0.0540 e. The van der Waals surface area contributed by atoms with Gasteiger partial charge in [-0.05, 0) is 191 Å². The van der Waals surface area contributed by atoms with Gasteiger partial charge < -0.3 is 9.80 Å².